The van der Waals surface area contributed by atoms with Crippen LogP contribution in [0.1, 0.15) is 18.9 Å². The lowest BCUT2D eigenvalue weighted by Gasteiger charge is -2.18. The third-order valence-electron chi connectivity index (χ3n) is 2.75. The summed E-state index contributed by atoms with van der Waals surface area (Å²) in [4.78, 5) is 18.9. The lowest BCUT2D eigenvalue weighted by Crippen LogP contribution is -2.25. The SMILES string of the molecule is CCN(CC)c1nc(Cl)nc(NCCc2nccs2)n1. The predicted molar refractivity (Wildman–Crippen MR) is 82.7 cm³/mol. The van der Waals surface area contributed by atoms with Gasteiger partial charge in [-0.05, 0) is 25.4 Å². The molecule has 0 saturated heterocycles. The summed E-state index contributed by atoms with van der Waals surface area (Å²) in [5, 5.41) is 6.42. The predicted octanol–water partition coefficient (Wildman–Crippen LogP) is 2.48. The molecule has 0 aliphatic carbocycles. The Hall–Kier alpha value is -1.47. The Morgan fingerprint density at radius 2 is 2.05 bits per heavy atom. The van der Waals surface area contributed by atoms with E-state index in [4.69, 9.17) is 11.6 Å². The molecule has 6 nitrogen and oxygen atoms in total. The van der Waals surface area contributed by atoms with Gasteiger partial charge in [0.05, 0.1) is 5.01 Å². The third-order valence-corrected chi connectivity index (χ3v) is 3.76. The van der Waals surface area contributed by atoms with Gasteiger partial charge in [-0.15, -0.1) is 11.3 Å². The number of nitrogens with zero attached hydrogens (tertiary/aromatic N) is 5. The van der Waals surface area contributed by atoms with E-state index in [1.807, 2.05) is 10.3 Å². The highest BCUT2D eigenvalue weighted by Crippen LogP contribution is 2.13. The molecule has 0 aliphatic heterocycles. The minimum Gasteiger partial charge on any atom is -0.354 e. The van der Waals surface area contributed by atoms with Gasteiger partial charge in [-0.1, -0.05) is 0 Å². The number of anilines is 2. The Kier molecular flexibility index (Phi) is 5.49. The number of halogens is 1. The topological polar surface area (TPSA) is 66.8 Å². The van der Waals surface area contributed by atoms with Crippen molar-refractivity contribution in [2.24, 2.45) is 0 Å². The van der Waals surface area contributed by atoms with Crippen molar-refractivity contribution in [3.8, 4) is 0 Å². The molecule has 0 aromatic carbocycles. The average molecular weight is 313 g/mol. The summed E-state index contributed by atoms with van der Waals surface area (Å²) < 4.78 is 0. The van der Waals surface area contributed by atoms with Crippen molar-refractivity contribution in [1.29, 1.82) is 0 Å². The fraction of sp³-hybridized carbons (Fsp3) is 0.500. The van der Waals surface area contributed by atoms with Crippen LogP contribution in [0.2, 0.25) is 5.28 Å². The molecular weight excluding hydrogens is 296 g/mol. The Morgan fingerprint density at radius 1 is 1.25 bits per heavy atom. The van der Waals surface area contributed by atoms with E-state index in [0.717, 1.165) is 24.5 Å². The molecule has 2 aromatic heterocycles. The van der Waals surface area contributed by atoms with Crippen molar-refractivity contribution in [3.05, 3.63) is 21.9 Å². The second-order valence-corrected chi connectivity index (χ2v) is 5.32. The molecule has 8 heteroatoms. The van der Waals surface area contributed by atoms with Crippen LogP contribution in [-0.4, -0.2) is 39.6 Å². The van der Waals surface area contributed by atoms with E-state index in [2.05, 4.69) is 39.1 Å². The van der Waals surface area contributed by atoms with Gasteiger partial charge < -0.3 is 10.2 Å². The summed E-state index contributed by atoms with van der Waals surface area (Å²) in [5.74, 6) is 1.11. The normalized spacial score (nSPS) is 10.6. The zero-order valence-electron chi connectivity index (χ0n) is 11.5. The van der Waals surface area contributed by atoms with E-state index in [1.54, 1.807) is 17.5 Å². The van der Waals surface area contributed by atoms with Crippen LogP contribution < -0.4 is 10.2 Å². The van der Waals surface area contributed by atoms with E-state index in [-0.39, 0.29) is 5.28 Å². The molecule has 0 radical (unpaired) electrons. The summed E-state index contributed by atoms with van der Waals surface area (Å²) in [6, 6.07) is 0. The van der Waals surface area contributed by atoms with Gasteiger partial charge in [0.2, 0.25) is 17.2 Å². The molecule has 0 spiro atoms. The zero-order chi connectivity index (χ0) is 14.4. The molecule has 2 aromatic rings. The summed E-state index contributed by atoms with van der Waals surface area (Å²) in [6.07, 6.45) is 2.64. The largest absolute Gasteiger partial charge is 0.354 e. The van der Waals surface area contributed by atoms with Crippen LogP contribution >= 0.6 is 22.9 Å². The molecule has 1 N–H and O–H groups in total. The maximum absolute atomic E-state index is 5.95. The molecule has 20 heavy (non-hydrogen) atoms. The van der Waals surface area contributed by atoms with E-state index < -0.39 is 0 Å². The summed E-state index contributed by atoms with van der Waals surface area (Å²) in [5.41, 5.74) is 0. The molecule has 108 valence electrons. The minimum atomic E-state index is 0.207. The van der Waals surface area contributed by atoms with E-state index >= 15 is 0 Å². The summed E-state index contributed by atoms with van der Waals surface area (Å²) >= 11 is 7.59. The number of aromatic nitrogens is 4. The molecule has 0 amide bonds. The first-order valence-corrected chi connectivity index (χ1v) is 7.77. The van der Waals surface area contributed by atoms with Crippen LogP contribution in [0.5, 0.6) is 0 Å². The van der Waals surface area contributed by atoms with Gasteiger partial charge >= 0.3 is 0 Å². The van der Waals surface area contributed by atoms with Crippen LogP contribution in [0.4, 0.5) is 11.9 Å². The second-order valence-electron chi connectivity index (χ2n) is 4.00. The fourth-order valence-corrected chi connectivity index (χ4v) is 2.50. The number of nitrogens with one attached hydrogen (secondary N) is 1. The molecule has 0 saturated carbocycles. The lowest BCUT2D eigenvalue weighted by atomic mass is 10.4. The van der Waals surface area contributed by atoms with Gasteiger partial charge in [-0.25, -0.2) is 4.98 Å². The van der Waals surface area contributed by atoms with E-state index in [1.165, 1.54) is 0 Å². The molecular formula is C12H17ClN6S. The van der Waals surface area contributed by atoms with E-state index in [0.29, 0.717) is 18.4 Å². The Bertz CT molecular complexity index is 529. The molecule has 0 unspecified atom stereocenters. The molecule has 0 fully saturated rings. The molecule has 0 atom stereocenters. The maximum Gasteiger partial charge on any atom is 0.231 e. The number of rotatable bonds is 7. The second kappa shape index (κ2) is 7.35. The standard InChI is InChI=1S/C12H17ClN6S/c1-3-19(4-2)12-17-10(13)16-11(18-12)15-6-5-9-14-7-8-20-9/h7-8H,3-6H2,1-2H3,(H,15,16,17,18). The van der Waals surface area contributed by atoms with Crippen molar-refractivity contribution in [3.63, 3.8) is 0 Å². The fourth-order valence-electron chi connectivity index (χ4n) is 1.72. The van der Waals surface area contributed by atoms with Crippen molar-refractivity contribution < 1.29 is 0 Å². The minimum absolute atomic E-state index is 0.207. The molecule has 0 bridgehead atoms. The van der Waals surface area contributed by atoms with Gasteiger partial charge in [0.15, 0.2) is 0 Å². The van der Waals surface area contributed by atoms with Crippen molar-refractivity contribution in [2.75, 3.05) is 29.9 Å². The number of hydrogen-bond donors (Lipinski definition) is 1. The van der Waals surface area contributed by atoms with Crippen molar-refractivity contribution in [2.45, 2.75) is 20.3 Å². The Labute approximate surface area is 127 Å². The Balaban J connectivity index is 2.00. The molecule has 2 heterocycles. The highest BCUT2D eigenvalue weighted by molar-refractivity contribution is 7.09. The van der Waals surface area contributed by atoms with Gasteiger partial charge in [-0.2, -0.15) is 15.0 Å². The van der Waals surface area contributed by atoms with Crippen LogP contribution in [-0.2, 0) is 6.42 Å². The maximum atomic E-state index is 5.95. The average Bonchev–Trinajstić information content (AvgIpc) is 2.93. The van der Waals surface area contributed by atoms with Gasteiger partial charge in [0, 0.05) is 37.6 Å². The first-order valence-electron chi connectivity index (χ1n) is 6.51. The third kappa shape index (κ3) is 4.01. The van der Waals surface area contributed by atoms with Crippen LogP contribution in [0, 0.1) is 0 Å². The highest BCUT2D eigenvalue weighted by Gasteiger charge is 2.09. The van der Waals surface area contributed by atoms with Crippen molar-refractivity contribution in [1.82, 2.24) is 19.9 Å². The van der Waals surface area contributed by atoms with Gasteiger partial charge in [0.25, 0.3) is 0 Å². The monoisotopic (exact) mass is 312 g/mol. The Morgan fingerprint density at radius 3 is 2.70 bits per heavy atom. The van der Waals surface area contributed by atoms with Crippen molar-refractivity contribution >= 4 is 34.8 Å². The van der Waals surface area contributed by atoms with Crippen LogP contribution in [0.15, 0.2) is 11.6 Å². The van der Waals surface area contributed by atoms with Crippen LogP contribution in [0.3, 0.4) is 0 Å². The van der Waals surface area contributed by atoms with Gasteiger partial charge in [-0.3, -0.25) is 0 Å². The van der Waals surface area contributed by atoms with E-state index in [9.17, 15) is 0 Å². The smallest absolute Gasteiger partial charge is 0.231 e. The zero-order valence-corrected chi connectivity index (χ0v) is 13.1. The first kappa shape index (κ1) is 14.9. The first-order chi connectivity index (χ1) is 9.72. The summed E-state index contributed by atoms with van der Waals surface area (Å²) in [6.45, 7) is 6.48. The molecule has 2 rings (SSSR count). The number of hydrogen-bond acceptors (Lipinski definition) is 7. The summed E-state index contributed by atoms with van der Waals surface area (Å²) in [7, 11) is 0. The van der Waals surface area contributed by atoms with Crippen LogP contribution in [0.25, 0.3) is 0 Å². The number of thiazole rings is 1. The van der Waals surface area contributed by atoms with Gasteiger partial charge in [0.1, 0.15) is 0 Å². The lowest BCUT2D eigenvalue weighted by molar-refractivity contribution is 0.810. The highest BCUT2D eigenvalue weighted by atomic mass is 35.5. The molecule has 0 aliphatic rings. The quantitative estimate of drug-likeness (QED) is 0.847.